The van der Waals surface area contributed by atoms with E-state index in [2.05, 4.69) is 29.0 Å². The normalized spacial score (nSPS) is 23.4. The van der Waals surface area contributed by atoms with Gasteiger partial charge in [-0.05, 0) is 39.3 Å². The fourth-order valence-corrected chi connectivity index (χ4v) is 5.21. The van der Waals surface area contributed by atoms with E-state index in [0.29, 0.717) is 38.6 Å². The fraction of sp³-hybridized carbons (Fsp3) is 0.944. The van der Waals surface area contributed by atoms with E-state index in [9.17, 15) is 8.42 Å². The Morgan fingerprint density at radius 2 is 1.89 bits per heavy atom. The van der Waals surface area contributed by atoms with Crippen molar-refractivity contribution in [1.82, 2.24) is 15.1 Å². The van der Waals surface area contributed by atoms with Crippen molar-refractivity contribution in [2.45, 2.75) is 50.8 Å². The molecule has 0 saturated carbocycles. The number of hydrogen-bond acceptors (Lipinski definition) is 5. The van der Waals surface area contributed by atoms with Crippen molar-refractivity contribution in [2.75, 3.05) is 58.7 Å². The van der Waals surface area contributed by atoms with E-state index in [1.54, 1.807) is 0 Å². The Kier molecular flexibility index (Phi) is 10.3. The van der Waals surface area contributed by atoms with Gasteiger partial charge in [-0.25, -0.2) is 8.42 Å². The molecule has 160 valence electrons. The van der Waals surface area contributed by atoms with Crippen LogP contribution in [0.25, 0.3) is 0 Å². The van der Waals surface area contributed by atoms with Crippen LogP contribution in [0.2, 0.25) is 0 Å². The molecular formula is C18H37IN4O3S. The molecule has 0 aromatic heterocycles. The summed E-state index contributed by atoms with van der Waals surface area (Å²) in [5.41, 5.74) is 0. The van der Waals surface area contributed by atoms with Gasteiger partial charge < -0.3 is 15.0 Å². The molecule has 0 radical (unpaired) electrons. The fourth-order valence-electron chi connectivity index (χ4n) is 4.01. The number of nitrogens with one attached hydrogen (secondary N) is 1. The van der Waals surface area contributed by atoms with Crippen molar-refractivity contribution in [3.05, 3.63) is 0 Å². The second-order valence-corrected chi connectivity index (χ2v) is 9.76. The van der Waals surface area contributed by atoms with Crippen LogP contribution in [0.5, 0.6) is 0 Å². The number of hydrogen-bond donors (Lipinski definition) is 1. The lowest BCUT2D eigenvalue weighted by molar-refractivity contribution is 0.0767. The lowest BCUT2D eigenvalue weighted by Gasteiger charge is -2.34. The average molecular weight is 516 g/mol. The number of halogens is 1. The molecule has 0 aromatic carbocycles. The number of likely N-dealkylation sites (N-methyl/N-ethyl adjacent to an activating group) is 1. The minimum absolute atomic E-state index is 0. The molecule has 0 spiro atoms. The first kappa shape index (κ1) is 24.9. The summed E-state index contributed by atoms with van der Waals surface area (Å²) in [5, 5.41) is 3.36. The van der Waals surface area contributed by atoms with Gasteiger partial charge in [-0.3, -0.25) is 9.89 Å². The third-order valence-corrected chi connectivity index (χ3v) is 7.94. The lowest BCUT2D eigenvalue weighted by Crippen LogP contribution is -2.48. The van der Waals surface area contributed by atoms with Crippen LogP contribution in [0.1, 0.15) is 40.0 Å². The summed E-state index contributed by atoms with van der Waals surface area (Å²) in [5.74, 6) is 0.844. The third kappa shape index (κ3) is 6.17. The summed E-state index contributed by atoms with van der Waals surface area (Å²) in [4.78, 5) is 9.55. The van der Waals surface area contributed by atoms with Crippen LogP contribution in [0.4, 0.5) is 0 Å². The molecule has 0 aliphatic carbocycles. The molecule has 1 atom stereocenters. The lowest BCUT2D eigenvalue weighted by atomic mass is 9.99. The molecule has 9 heteroatoms. The van der Waals surface area contributed by atoms with Gasteiger partial charge in [0.1, 0.15) is 0 Å². The maximum Gasteiger partial charge on any atom is 0.194 e. The molecule has 0 amide bonds. The highest BCUT2D eigenvalue weighted by atomic mass is 127. The summed E-state index contributed by atoms with van der Waals surface area (Å²) in [6.45, 7) is 12.5. The monoisotopic (exact) mass is 516 g/mol. The number of nitrogens with zero attached hydrogens (tertiary/aromatic N) is 3. The summed E-state index contributed by atoms with van der Waals surface area (Å²) < 4.78 is 29.5. The number of aliphatic imine (C=N–C) groups is 1. The van der Waals surface area contributed by atoms with E-state index in [1.807, 2.05) is 6.92 Å². The molecule has 7 nitrogen and oxygen atoms in total. The van der Waals surface area contributed by atoms with Gasteiger partial charge in [-0.15, -0.1) is 24.0 Å². The zero-order valence-electron chi connectivity index (χ0n) is 17.2. The van der Waals surface area contributed by atoms with Gasteiger partial charge in [-0.2, -0.15) is 0 Å². The van der Waals surface area contributed by atoms with Crippen LogP contribution in [0.15, 0.2) is 4.99 Å². The highest BCUT2D eigenvalue weighted by Crippen LogP contribution is 2.30. The second kappa shape index (κ2) is 11.2. The first-order chi connectivity index (χ1) is 12.4. The van der Waals surface area contributed by atoms with Gasteiger partial charge in [0.15, 0.2) is 15.8 Å². The molecule has 2 aliphatic heterocycles. The van der Waals surface area contributed by atoms with E-state index in [-0.39, 0.29) is 24.0 Å². The number of ether oxygens (including phenoxy) is 1. The van der Waals surface area contributed by atoms with Crippen molar-refractivity contribution in [3.8, 4) is 0 Å². The molecule has 2 heterocycles. The van der Waals surface area contributed by atoms with Crippen LogP contribution in [0, 0.1) is 0 Å². The number of sulfone groups is 1. The molecule has 2 fully saturated rings. The van der Waals surface area contributed by atoms with Gasteiger partial charge in [0.25, 0.3) is 0 Å². The van der Waals surface area contributed by atoms with Crippen LogP contribution < -0.4 is 5.32 Å². The quantitative estimate of drug-likeness (QED) is 0.315. The first-order valence-electron chi connectivity index (χ1n) is 9.91. The molecule has 0 aromatic rings. The minimum atomic E-state index is -3.20. The topological polar surface area (TPSA) is 74.2 Å². The van der Waals surface area contributed by atoms with Crippen molar-refractivity contribution in [2.24, 2.45) is 4.99 Å². The zero-order chi connectivity index (χ0) is 19.2. The predicted octanol–water partition coefficient (Wildman–Crippen LogP) is 1.58. The summed E-state index contributed by atoms with van der Waals surface area (Å²) >= 11 is 0. The van der Waals surface area contributed by atoms with E-state index >= 15 is 0 Å². The maximum absolute atomic E-state index is 12.5. The van der Waals surface area contributed by atoms with Crippen LogP contribution in [0.3, 0.4) is 0 Å². The van der Waals surface area contributed by atoms with E-state index in [4.69, 9.17) is 9.73 Å². The molecule has 2 aliphatic rings. The van der Waals surface area contributed by atoms with Crippen molar-refractivity contribution < 1.29 is 13.2 Å². The minimum Gasteiger partial charge on any atom is -0.381 e. The SMILES string of the molecule is CCNC(=NCC1(S(C)(=O)=O)CCOCC1)N1CCC(N(CC)CC)C1.I. The standard InChI is InChI=1S/C18H36N4O3S.HI/c1-5-19-17(22-11-8-16(14-22)21(6-2)7-3)20-15-18(26(4,23)24)9-12-25-13-10-18;/h16H,5-15H2,1-4H3,(H,19,20);1H. The molecule has 0 bridgehead atoms. The number of guanidine groups is 1. The predicted molar refractivity (Wildman–Crippen MR) is 122 cm³/mol. The van der Waals surface area contributed by atoms with Gasteiger partial charge in [0, 0.05) is 45.1 Å². The molecule has 2 rings (SSSR count). The number of likely N-dealkylation sites (tertiary alicyclic amines) is 1. The molecular weight excluding hydrogens is 479 g/mol. The molecule has 2 saturated heterocycles. The Morgan fingerprint density at radius 3 is 2.41 bits per heavy atom. The second-order valence-electron chi connectivity index (χ2n) is 7.35. The summed E-state index contributed by atoms with van der Waals surface area (Å²) in [6, 6.07) is 0.542. The van der Waals surface area contributed by atoms with Crippen LogP contribution >= 0.6 is 24.0 Å². The van der Waals surface area contributed by atoms with Crippen molar-refractivity contribution in [1.29, 1.82) is 0 Å². The Balaban J connectivity index is 0.00000364. The van der Waals surface area contributed by atoms with Crippen LogP contribution in [-0.2, 0) is 14.6 Å². The van der Waals surface area contributed by atoms with Crippen LogP contribution in [-0.4, -0.2) is 93.7 Å². The third-order valence-electron chi connectivity index (χ3n) is 5.83. The van der Waals surface area contributed by atoms with E-state index in [0.717, 1.165) is 45.1 Å². The highest BCUT2D eigenvalue weighted by molar-refractivity contribution is 14.0. The van der Waals surface area contributed by atoms with Gasteiger partial charge in [0.2, 0.25) is 0 Å². The molecule has 1 unspecified atom stereocenters. The van der Waals surface area contributed by atoms with E-state index in [1.165, 1.54) is 6.26 Å². The number of rotatable bonds is 7. The van der Waals surface area contributed by atoms with Gasteiger partial charge in [0.05, 0.1) is 11.3 Å². The Bertz CT molecular complexity index is 575. The van der Waals surface area contributed by atoms with Crippen molar-refractivity contribution >= 4 is 39.8 Å². The Hall–Kier alpha value is -0.130. The largest absolute Gasteiger partial charge is 0.381 e. The zero-order valence-corrected chi connectivity index (χ0v) is 20.4. The average Bonchev–Trinajstić information content (AvgIpc) is 3.09. The van der Waals surface area contributed by atoms with Crippen molar-refractivity contribution in [3.63, 3.8) is 0 Å². The smallest absolute Gasteiger partial charge is 0.194 e. The van der Waals surface area contributed by atoms with E-state index < -0.39 is 14.6 Å². The van der Waals surface area contributed by atoms with Gasteiger partial charge in [-0.1, -0.05) is 13.8 Å². The summed E-state index contributed by atoms with van der Waals surface area (Å²) in [7, 11) is -3.20. The Labute approximate surface area is 182 Å². The highest BCUT2D eigenvalue weighted by Gasteiger charge is 2.42. The molecule has 27 heavy (non-hydrogen) atoms. The Morgan fingerprint density at radius 1 is 1.26 bits per heavy atom. The van der Waals surface area contributed by atoms with Gasteiger partial charge >= 0.3 is 0 Å². The summed E-state index contributed by atoms with van der Waals surface area (Å²) in [6.07, 6.45) is 3.51. The maximum atomic E-state index is 12.5. The molecule has 1 N–H and O–H groups in total. The first-order valence-corrected chi connectivity index (χ1v) is 11.8.